The van der Waals surface area contributed by atoms with E-state index in [1.54, 1.807) is 29.2 Å². The Hall–Kier alpha value is -0.450. The van der Waals surface area contributed by atoms with Crippen LogP contribution in [-0.4, -0.2) is 4.98 Å². The zero-order chi connectivity index (χ0) is 14.1. The van der Waals surface area contributed by atoms with Gasteiger partial charge in [-0.3, -0.25) is 0 Å². The molecule has 0 fully saturated rings. The minimum absolute atomic E-state index is 0.651. The second-order valence-corrected chi connectivity index (χ2v) is 7.65. The van der Waals surface area contributed by atoms with Crippen LogP contribution in [0.1, 0.15) is 5.56 Å². The summed E-state index contributed by atoms with van der Waals surface area (Å²) in [7, 11) is 0. The van der Waals surface area contributed by atoms with Crippen LogP contribution >= 0.6 is 57.9 Å². The minimum atomic E-state index is 0.651. The molecule has 6 heteroatoms. The zero-order valence-electron chi connectivity index (χ0n) is 10.1. The van der Waals surface area contributed by atoms with E-state index >= 15 is 0 Å². The van der Waals surface area contributed by atoms with Crippen LogP contribution in [0.2, 0.25) is 15.1 Å². The Bertz CT molecular complexity index is 770. The number of aromatic nitrogens is 1. The lowest BCUT2D eigenvalue weighted by molar-refractivity contribution is 1.29. The molecule has 102 valence electrons. The standard InChI is InChI=1S/C14H8Cl3NS2/c15-9-2-1-8(11(17)5-9)7-19-14-18-12-6-10(16)3-4-13(12)20-14/h1-6H,7H2. The maximum atomic E-state index is 6.16. The van der Waals surface area contributed by atoms with Gasteiger partial charge in [-0.2, -0.15) is 0 Å². The van der Waals surface area contributed by atoms with Crippen molar-refractivity contribution in [3.63, 3.8) is 0 Å². The predicted octanol–water partition coefficient (Wildman–Crippen LogP) is 6.55. The van der Waals surface area contributed by atoms with Gasteiger partial charge in [0.05, 0.1) is 10.2 Å². The molecule has 0 saturated heterocycles. The van der Waals surface area contributed by atoms with Gasteiger partial charge in [0.2, 0.25) is 0 Å². The highest BCUT2D eigenvalue weighted by molar-refractivity contribution is 8.00. The molecule has 0 N–H and O–H groups in total. The first-order valence-electron chi connectivity index (χ1n) is 5.74. The Morgan fingerprint density at radius 3 is 2.55 bits per heavy atom. The van der Waals surface area contributed by atoms with Crippen LogP contribution in [0, 0.1) is 0 Å². The summed E-state index contributed by atoms with van der Waals surface area (Å²) in [5.41, 5.74) is 1.99. The number of rotatable bonds is 3. The van der Waals surface area contributed by atoms with Crippen molar-refractivity contribution in [2.45, 2.75) is 10.1 Å². The van der Waals surface area contributed by atoms with Gasteiger partial charge in [-0.1, -0.05) is 52.6 Å². The topological polar surface area (TPSA) is 12.9 Å². The molecule has 0 aliphatic rings. The van der Waals surface area contributed by atoms with E-state index in [9.17, 15) is 0 Å². The smallest absolute Gasteiger partial charge is 0.151 e. The summed E-state index contributed by atoms with van der Waals surface area (Å²) in [4.78, 5) is 4.56. The fourth-order valence-electron chi connectivity index (χ4n) is 1.72. The molecule has 0 atom stereocenters. The van der Waals surface area contributed by atoms with E-state index in [0.717, 1.165) is 25.9 Å². The molecular formula is C14H8Cl3NS2. The van der Waals surface area contributed by atoms with Crippen molar-refractivity contribution in [3.8, 4) is 0 Å². The second-order valence-electron chi connectivity index (χ2n) is 4.12. The first kappa shape index (κ1) is 14.5. The normalized spacial score (nSPS) is 11.2. The summed E-state index contributed by atoms with van der Waals surface area (Å²) < 4.78 is 2.15. The van der Waals surface area contributed by atoms with Crippen LogP contribution in [0.15, 0.2) is 40.7 Å². The Balaban J connectivity index is 1.79. The van der Waals surface area contributed by atoms with Crippen LogP contribution in [0.5, 0.6) is 0 Å². The molecule has 1 nitrogen and oxygen atoms in total. The van der Waals surface area contributed by atoms with Gasteiger partial charge in [0.1, 0.15) is 0 Å². The third-order valence-electron chi connectivity index (χ3n) is 2.70. The van der Waals surface area contributed by atoms with Gasteiger partial charge in [-0.15, -0.1) is 11.3 Å². The van der Waals surface area contributed by atoms with Crippen molar-refractivity contribution >= 4 is 68.1 Å². The van der Waals surface area contributed by atoms with E-state index in [2.05, 4.69) is 4.98 Å². The fraction of sp³-hybridized carbons (Fsp3) is 0.0714. The summed E-state index contributed by atoms with van der Waals surface area (Å²) in [6.45, 7) is 0. The van der Waals surface area contributed by atoms with Crippen molar-refractivity contribution < 1.29 is 0 Å². The number of fused-ring (bicyclic) bond motifs is 1. The van der Waals surface area contributed by atoms with E-state index in [-0.39, 0.29) is 0 Å². The SMILES string of the molecule is Clc1ccc(CSc2nc3cc(Cl)ccc3s2)c(Cl)c1. The molecule has 0 aliphatic carbocycles. The van der Waals surface area contributed by atoms with Crippen molar-refractivity contribution in [3.05, 3.63) is 57.0 Å². The zero-order valence-corrected chi connectivity index (χ0v) is 14.0. The Morgan fingerprint density at radius 1 is 1.00 bits per heavy atom. The lowest BCUT2D eigenvalue weighted by Crippen LogP contribution is -1.82. The van der Waals surface area contributed by atoms with Crippen LogP contribution in [0.3, 0.4) is 0 Å². The predicted molar refractivity (Wildman–Crippen MR) is 90.7 cm³/mol. The summed E-state index contributed by atoms with van der Waals surface area (Å²) in [5, 5.41) is 2.05. The number of nitrogens with zero attached hydrogens (tertiary/aromatic N) is 1. The van der Waals surface area contributed by atoms with Gasteiger partial charge in [0, 0.05) is 20.8 Å². The van der Waals surface area contributed by atoms with Crippen LogP contribution in [0.4, 0.5) is 0 Å². The largest absolute Gasteiger partial charge is 0.230 e. The molecule has 1 aromatic heterocycles. The third-order valence-corrected chi connectivity index (χ3v) is 5.75. The average molecular weight is 361 g/mol. The molecule has 0 aliphatic heterocycles. The molecule has 20 heavy (non-hydrogen) atoms. The van der Waals surface area contributed by atoms with E-state index in [4.69, 9.17) is 34.8 Å². The Labute approximate surface area is 139 Å². The number of thioether (sulfide) groups is 1. The van der Waals surface area contributed by atoms with Crippen LogP contribution in [0.25, 0.3) is 10.2 Å². The van der Waals surface area contributed by atoms with Gasteiger partial charge in [0.25, 0.3) is 0 Å². The maximum absolute atomic E-state index is 6.16. The number of thiazole rings is 1. The molecule has 0 bridgehead atoms. The number of hydrogen-bond acceptors (Lipinski definition) is 3. The summed E-state index contributed by atoms with van der Waals surface area (Å²) in [6, 6.07) is 11.3. The first-order valence-corrected chi connectivity index (χ1v) is 8.68. The van der Waals surface area contributed by atoms with Crippen molar-refractivity contribution in [1.29, 1.82) is 0 Å². The molecule has 2 aromatic carbocycles. The molecular weight excluding hydrogens is 353 g/mol. The molecule has 0 radical (unpaired) electrons. The molecule has 1 heterocycles. The van der Waals surface area contributed by atoms with Gasteiger partial charge in [-0.05, 0) is 35.9 Å². The van der Waals surface area contributed by atoms with Gasteiger partial charge in [-0.25, -0.2) is 4.98 Å². The molecule has 3 rings (SSSR count). The first-order chi connectivity index (χ1) is 9.61. The van der Waals surface area contributed by atoms with Gasteiger partial charge >= 0.3 is 0 Å². The van der Waals surface area contributed by atoms with E-state index in [1.807, 2.05) is 30.3 Å². The highest BCUT2D eigenvalue weighted by atomic mass is 35.5. The van der Waals surface area contributed by atoms with E-state index in [0.29, 0.717) is 15.1 Å². The fourth-order valence-corrected chi connectivity index (χ4v) is 4.49. The van der Waals surface area contributed by atoms with Crippen molar-refractivity contribution in [2.24, 2.45) is 0 Å². The highest BCUT2D eigenvalue weighted by Gasteiger charge is 2.07. The third kappa shape index (κ3) is 3.23. The number of benzene rings is 2. The minimum Gasteiger partial charge on any atom is -0.230 e. The lowest BCUT2D eigenvalue weighted by Gasteiger charge is -2.02. The Morgan fingerprint density at radius 2 is 1.75 bits per heavy atom. The summed E-state index contributed by atoms with van der Waals surface area (Å²) >= 11 is 21.3. The molecule has 0 spiro atoms. The lowest BCUT2D eigenvalue weighted by atomic mass is 10.2. The van der Waals surface area contributed by atoms with Crippen molar-refractivity contribution in [2.75, 3.05) is 0 Å². The number of hydrogen-bond donors (Lipinski definition) is 0. The second kappa shape index (κ2) is 6.12. The molecule has 0 saturated carbocycles. The quantitative estimate of drug-likeness (QED) is 0.491. The average Bonchev–Trinajstić information content (AvgIpc) is 2.79. The van der Waals surface area contributed by atoms with Crippen molar-refractivity contribution in [1.82, 2.24) is 4.98 Å². The maximum Gasteiger partial charge on any atom is 0.151 e. The highest BCUT2D eigenvalue weighted by Crippen LogP contribution is 2.34. The van der Waals surface area contributed by atoms with E-state index < -0.39 is 0 Å². The molecule has 3 aromatic rings. The Kier molecular flexibility index (Phi) is 4.43. The molecule has 0 unspecified atom stereocenters. The summed E-state index contributed by atoms with van der Waals surface area (Å²) in [6.07, 6.45) is 0. The number of halogens is 3. The van der Waals surface area contributed by atoms with Gasteiger partial charge < -0.3 is 0 Å². The summed E-state index contributed by atoms with van der Waals surface area (Å²) in [5.74, 6) is 0.767. The monoisotopic (exact) mass is 359 g/mol. The van der Waals surface area contributed by atoms with Crippen LogP contribution in [-0.2, 0) is 5.75 Å². The van der Waals surface area contributed by atoms with Crippen LogP contribution < -0.4 is 0 Å². The van der Waals surface area contributed by atoms with Gasteiger partial charge in [0.15, 0.2) is 4.34 Å². The van der Waals surface area contributed by atoms with E-state index in [1.165, 1.54) is 0 Å². The molecule has 0 amide bonds.